The highest BCUT2D eigenvalue weighted by molar-refractivity contribution is 7.80. The standard InChI is InChI=1S/C17H25F2N3OS/c1-13-7-11-22(12-8-13)10-2-9-20-17(24)21-14-3-5-15(6-4-14)23-16(18)19/h3-6,13,16H,2,7-12H2,1H3,(H2,20,21,24). The zero-order valence-electron chi connectivity index (χ0n) is 13.9. The highest BCUT2D eigenvalue weighted by Crippen LogP contribution is 2.18. The van der Waals surface area contributed by atoms with Gasteiger partial charge in [-0.15, -0.1) is 0 Å². The minimum absolute atomic E-state index is 0.130. The van der Waals surface area contributed by atoms with Gasteiger partial charge in [-0.25, -0.2) is 0 Å². The molecule has 0 atom stereocenters. The Morgan fingerprint density at radius 1 is 1.29 bits per heavy atom. The van der Waals surface area contributed by atoms with Gasteiger partial charge in [0.15, 0.2) is 5.11 Å². The molecule has 0 amide bonds. The van der Waals surface area contributed by atoms with Gasteiger partial charge in [-0.3, -0.25) is 0 Å². The molecule has 0 aromatic heterocycles. The molecule has 1 aliphatic rings. The van der Waals surface area contributed by atoms with Crippen LogP contribution in [0.1, 0.15) is 26.2 Å². The van der Waals surface area contributed by atoms with E-state index in [4.69, 9.17) is 12.2 Å². The number of halogens is 2. The van der Waals surface area contributed by atoms with Crippen molar-refractivity contribution < 1.29 is 13.5 Å². The summed E-state index contributed by atoms with van der Waals surface area (Å²) in [7, 11) is 0. The monoisotopic (exact) mass is 357 g/mol. The molecule has 1 aliphatic heterocycles. The second-order valence-electron chi connectivity index (χ2n) is 6.16. The van der Waals surface area contributed by atoms with Crippen molar-refractivity contribution in [3.8, 4) is 5.75 Å². The van der Waals surface area contributed by atoms with Gasteiger partial charge in [0.2, 0.25) is 0 Å². The van der Waals surface area contributed by atoms with Crippen LogP contribution >= 0.6 is 12.2 Å². The van der Waals surface area contributed by atoms with Crippen LogP contribution in [-0.4, -0.2) is 42.8 Å². The smallest absolute Gasteiger partial charge is 0.387 e. The fourth-order valence-electron chi connectivity index (χ4n) is 2.69. The van der Waals surface area contributed by atoms with E-state index in [0.717, 1.165) is 31.1 Å². The Balaban J connectivity index is 1.61. The second kappa shape index (κ2) is 9.74. The van der Waals surface area contributed by atoms with Gasteiger partial charge in [0.05, 0.1) is 0 Å². The summed E-state index contributed by atoms with van der Waals surface area (Å²) in [6.45, 7) is 3.78. The number of hydrogen-bond donors (Lipinski definition) is 2. The summed E-state index contributed by atoms with van der Waals surface area (Å²) in [6, 6.07) is 6.27. The van der Waals surface area contributed by atoms with Gasteiger partial charge in [-0.2, -0.15) is 8.78 Å². The number of alkyl halides is 2. The number of thiocarbonyl (C=S) groups is 1. The van der Waals surface area contributed by atoms with E-state index in [1.807, 2.05) is 0 Å². The Bertz CT molecular complexity index is 505. The number of rotatable bonds is 7. The Kier molecular flexibility index (Phi) is 7.65. The molecule has 1 fully saturated rings. The van der Waals surface area contributed by atoms with E-state index in [-0.39, 0.29) is 5.75 Å². The van der Waals surface area contributed by atoms with Crippen LogP contribution in [0.5, 0.6) is 5.75 Å². The fraction of sp³-hybridized carbons (Fsp3) is 0.588. The molecule has 1 aromatic carbocycles. The predicted molar refractivity (Wildman–Crippen MR) is 96.8 cm³/mol. The van der Waals surface area contributed by atoms with Gasteiger partial charge < -0.3 is 20.3 Å². The highest BCUT2D eigenvalue weighted by Gasteiger charge is 2.14. The number of nitrogens with zero attached hydrogens (tertiary/aromatic N) is 1. The molecule has 134 valence electrons. The van der Waals surface area contributed by atoms with Crippen molar-refractivity contribution in [3.63, 3.8) is 0 Å². The minimum atomic E-state index is -2.81. The maximum atomic E-state index is 12.1. The van der Waals surface area contributed by atoms with Crippen molar-refractivity contribution in [1.82, 2.24) is 10.2 Å². The molecule has 1 heterocycles. The molecule has 2 rings (SSSR count). The van der Waals surface area contributed by atoms with E-state index in [1.165, 1.54) is 38.1 Å². The molecule has 0 spiro atoms. The lowest BCUT2D eigenvalue weighted by atomic mass is 9.99. The minimum Gasteiger partial charge on any atom is -0.435 e. The van der Waals surface area contributed by atoms with E-state index in [0.29, 0.717) is 5.11 Å². The van der Waals surface area contributed by atoms with Crippen LogP contribution in [0.15, 0.2) is 24.3 Å². The third kappa shape index (κ3) is 6.97. The zero-order chi connectivity index (χ0) is 17.4. The van der Waals surface area contributed by atoms with Crippen LogP contribution in [0.4, 0.5) is 14.5 Å². The number of ether oxygens (including phenoxy) is 1. The van der Waals surface area contributed by atoms with Gasteiger partial charge >= 0.3 is 6.61 Å². The van der Waals surface area contributed by atoms with E-state index >= 15 is 0 Å². The largest absolute Gasteiger partial charge is 0.435 e. The molecular formula is C17H25F2N3OS. The molecule has 24 heavy (non-hydrogen) atoms. The molecule has 4 nitrogen and oxygen atoms in total. The summed E-state index contributed by atoms with van der Waals surface area (Å²) in [5.74, 6) is 0.985. The van der Waals surface area contributed by atoms with Crippen molar-refractivity contribution >= 4 is 23.0 Å². The van der Waals surface area contributed by atoms with E-state index in [2.05, 4.69) is 27.2 Å². The first-order valence-electron chi connectivity index (χ1n) is 8.35. The number of hydrogen-bond acceptors (Lipinski definition) is 3. The molecule has 1 aromatic rings. The Labute approximate surface area is 147 Å². The Morgan fingerprint density at radius 2 is 1.96 bits per heavy atom. The lowest BCUT2D eigenvalue weighted by Gasteiger charge is -2.30. The molecule has 0 radical (unpaired) electrons. The molecule has 0 unspecified atom stereocenters. The van der Waals surface area contributed by atoms with E-state index < -0.39 is 6.61 Å². The summed E-state index contributed by atoms with van der Waals surface area (Å²) < 4.78 is 28.5. The molecule has 7 heteroatoms. The average Bonchev–Trinajstić information content (AvgIpc) is 2.55. The van der Waals surface area contributed by atoms with Crippen LogP contribution in [0.25, 0.3) is 0 Å². The Hall–Kier alpha value is -1.47. The van der Waals surface area contributed by atoms with E-state index in [9.17, 15) is 8.78 Å². The van der Waals surface area contributed by atoms with Crippen LogP contribution < -0.4 is 15.4 Å². The number of anilines is 1. The quantitative estimate of drug-likeness (QED) is 0.575. The van der Waals surface area contributed by atoms with Gasteiger partial charge in [-0.1, -0.05) is 6.92 Å². The third-order valence-electron chi connectivity index (χ3n) is 4.15. The first-order chi connectivity index (χ1) is 11.5. The van der Waals surface area contributed by atoms with Gasteiger partial charge in [0, 0.05) is 12.2 Å². The fourth-order valence-corrected chi connectivity index (χ4v) is 2.91. The maximum absolute atomic E-state index is 12.1. The molecule has 0 aliphatic carbocycles. The van der Waals surface area contributed by atoms with Gasteiger partial charge in [0.1, 0.15) is 5.75 Å². The predicted octanol–water partition coefficient (Wildman–Crippen LogP) is 3.70. The SMILES string of the molecule is CC1CCN(CCCNC(=S)Nc2ccc(OC(F)F)cc2)CC1. The summed E-state index contributed by atoms with van der Waals surface area (Å²) in [5.41, 5.74) is 0.735. The molecule has 1 saturated heterocycles. The van der Waals surface area contributed by atoms with Crippen LogP contribution in [0.2, 0.25) is 0 Å². The van der Waals surface area contributed by atoms with Crippen molar-refractivity contribution in [2.75, 3.05) is 31.5 Å². The van der Waals surface area contributed by atoms with Gasteiger partial charge in [-0.05, 0) is 81.3 Å². The topological polar surface area (TPSA) is 36.5 Å². The maximum Gasteiger partial charge on any atom is 0.387 e. The molecule has 2 N–H and O–H groups in total. The van der Waals surface area contributed by atoms with Crippen molar-refractivity contribution in [3.05, 3.63) is 24.3 Å². The lowest BCUT2D eigenvalue weighted by Crippen LogP contribution is -2.36. The number of piperidine rings is 1. The van der Waals surface area contributed by atoms with Crippen LogP contribution in [-0.2, 0) is 0 Å². The number of nitrogens with one attached hydrogen (secondary N) is 2. The van der Waals surface area contributed by atoms with Crippen molar-refractivity contribution in [1.29, 1.82) is 0 Å². The van der Waals surface area contributed by atoms with Crippen LogP contribution in [0, 0.1) is 5.92 Å². The van der Waals surface area contributed by atoms with Crippen molar-refractivity contribution in [2.45, 2.75) is 32.8 Å². The van der Waals surface area contributed by atoms with Gasteiger partial charge in [0.25, 0.3) is 0 Å². The molecular weight excluding hydrogens is 332 g/mol. The average molecular weight is 357 g/mol. The summed E-state index contributed by atoms with van der Waals surface area (Å²) in [4.78, 5) is 2.50. The van der Waals surface area contributed by atoms with Crippen molar-refractivity contribution in [2.24, 2.45) is 5.92 Å². The highest BCUT2D eigenvalue weighted by atomic mass is 32.1. The summed E-state index contributed by atoms with van der Waals surface area (Å²) >= 11 is 5.24. The summed E-state index contributed by atoms with van der Waals surface area (Å²) in [5, 5.41) is 6.73. The van der Waals surface area contributed by atoms with E-state index in [1.54, 1.807) is 12.1 Å². The first kappa shape index (κ1) is 18.9. The first-order valence-corrected chi connectivity index (χ1v) is 8.76. The zero-order valence-corrected chi connectivity index (χ0v) is 14.7. The lowest BCUT2D eigenvalue weighted by molar-refractivity contribution is -0.0498. The molecule has 0 saturated carbocycles. The second-order valence-corrected chi connectivity index (χ2v) is 6.57. The Morgan fingerprint density at radius 3 is 2.58 bits per heavy atom. The van der Waals surface area contributed by atoms with Crippen LogP contribution in [0.3, 0.4) is 0 Å². The number of likely N-dealkylation sites (tertiary alicyclic amines) is 1. The summed E-state index contributed by atoms with van der Waals surface area (Å²) in [6.07, 6.45) is 3.62. The molecule has 0 bridgehead atoms. The normalized spacial score (nSPS) is 16.2. The third-order valence-corrected chi connectivity index (χ3v) is 4.40. The number of benzene rings is 1.